The highest BCUT2D eigenvalue weighted by molar-refractivity contribution is 7.11. The van der Waals surface area contributed by atoms with Gasteiger partial charge in [-0.25, -0.2) is 4.90 Å². The van der Waals surface area contributed by atoms with Crippen molar-refractivity contribution in [2.45, 2.75) is 33.1 Å². The van der Waals surface area contributed by atoms with Crippen LogP contribution in [0.3, 0.4) is 0 Å². The molecule has 0 aliphatic carbocycles. The molecule has 0 radical (unpaired) electrons. The average Bonchev–Trinajstić information content (AvgIpc) is 3.40. The summed E-state index contributed by atoms with van der Waals surface area (Å²) in [7, 11) is 1.58. The Morgan fingerprint density at radius 1 is 1.03 bits per heavy atom. The fraction of sp³-hybridized carbons (Fsp3) is 0.231. The minimum Gasteiger partial charge on any atom is -0.495 e. The van der Waals surface area contributed by atoms with Gasteiger partial charge in [-0.1, -0.05) is 37.6 Å². The Morgan fingerprint density at radius 2 is 1.81 bits per heavy atom. The minimum atomic E-state index is -0.372. The van der Waals surface area contributed by atoms with Gasteiger partial charge in [0.25, 0.3) is 11.8 Å². The lowest BCUT2D eigenvalue weighted by Crippen LogP contribution is -2.32. The normalized spacial score (nSPS) is 13.8. The van der Waals surface area contributed by atoms with Gasteiger partial charge in [0.05, 0.1) is 24.1 Å². The van der Waals surface area contributed by atoms with Crippen LogP contribution in [0, 0.1) is 6.92 Å². The predicted molar refractivity (Wildman–Crippen MR) is 130 cm³/mol. The Morgan fingerprint density at radius 3 is 2.47 bits per heavy atom. The average molecular weight is 447 g/mol. The van der Waals surface area contributed by atoms with Gasteiger partial charge in [0, 0.05) is 4.88 Å². The molecule has 0 unspecified atom stereocenters. The van der Waals surface area contributed by atoms with Gasteiger partial charge in [0.15, 0.2) is 0 Å². The van der Waals surface area contributed by atoms with Gasteiger partial charge >= 0.3 is 0 Å². The quantitative estimate of drug-likeness (QED) is 0.444. The van der Waals surface area contributed by atoms with Crippen LogP contribution in [0.15, 0.2) is 65.7 Å². The number of nitrogens with one attached hydrogen (secondary N) is 1. The molecule has 164 valence electrons. The lowest BCUT2D eigenvalue weighted by Gasteiger charge is -2.16. The molecule has 4 rings (SSSR count). The summed E-state index contributed by atoms with van der Waals surface area (Å²) in [6.45, 7) is 4.12. The van der Waals surface area contributed by atoms with E-state index in [0.29, 0.717) is 22.7 Å². The molecule has 0 saturated carbocycles. The van der Waals surface area contributed by atoms with Crippen molar-refractivity contribution in [2.24, 2.45) is 0 Å². The second kappa shape index (κ2) is 9.40. The molecule has 1 aliphatic heterocycles. The number of carbonyl (C=O) groups excluding carboxylic acids is 2. The van der Waals surface area contributed by atoms with Crippen LogP contribution < -0.4 is 15.0 Å². The highest BCUT2D eigenvalue weighted by atomic mass is 32.1. The van der Waals surface area contributed by atoms with Crippen molar-refractivity contribution < 1.29 is 14.3 Å². The maximum Gasteiger partial charge on any atom is 0.282 e. The lowest BCUT2D eigenvalue weighted by atomic mass is 10.1. The Kier molecular flexibility index (Phi) is 6.42. The highest BCUT2D eigenvalue weighted by Crippen LogP contribution is 2.37. The van der Waals surface area contributed by atoms with Gasteiger partial charge in [-0.05, 0) is 66.6 Å². The Hall–Kier alpha value is -3.38. The molecule has 0 atom stereocenters. The van der Waals surface area contributed by atoms with E-state index in [1.807, 2.05) is 66.9 Å². The Labute approximate surface area is 192 Å². The molecule has 1 N–H and O–H groups in total. The molecule has 0 saturated heterocycles. The maximum absolute atomic E-state index is 13.5. The van der Waals surface area contributed by atoms with Crippen molar-refractivity contribution in [3.05, 3.63) is 81.7 Å². The molecule has 3 aromatic rings. The number of amides is 2. The number of benzene rings is 2. The molecule has 2 heterocycles. The monoisotopic (exact) mass is 446 g/mol. The lowest BCUT2D eigenvalue weighted by molar-refractivity contribution is -0.120. The summed E-state index contributed by atoms with van der Waals surface area (Å²) >= 11 is 1.43. The number of methoxy groups -OCH3 is 1. The molecule has 5 nitrogen and oxygen atoms in total. The Balaban J connectivity index is 1.73. The zero-order chi connectivity index (χ0) is 22.7. The van der Waals surface area contributed by atoms with E-state index in [1.54, 1.807) is 7.11 Å². The molecule has 32 heavy (non-hydrogen) atoms. The summed E-state index contributed by atoms with van der Waals surface area (Å²) in [4.78, 5) is 29.0. The first-order valence-corrected chi connectivity index (χ1v) is 11.6. The van der Waals surface area contributed by atoms with Crippen LogP contribution in [-0.2, 0) is 16.0 Å². The first-order chi connectivity index (χ1) is 15.5. The maximum atomic E-state index is 13.5. The molecular formula is C26H26N2O3S. The van der Waals surface area contributed by atoms with Crippen LogP contribution in [0.4, 0.5) is 11.4 Å². The van der Waals surface area contributed by atoms with Crippen molar-refractivity contribution in [2.75, 3.05) is 17.3 Å². The first-order valence-electron chi connectivity index (χ1n) is 10.7. The first kappa shape index (κ1) is 21.8. The number of aryl methyl sites for hydroxylation is 2. The topological polar surface area (TPSA) is 58.6 Å². The molecular weight excluding hydrogens is 420 g/mol. The SMILES string of the molecule is CCCCc1ccc(N2C(=O)C(Nc3cc(C)ccc3OC)=C(c3cccs3)C2=O)cc1. The van der Waals surface area contributed by atoms with E-state index in [-0.39, 0.29) is 17.5 Å². The Bertz CT molecular complexity index is 1160. The third-order valence-corrected chi connectivity index (χ3v) is 6.37. The number of thiophene rings is 1. The number of unbranched alkanes of at least 4 members (excludes halogenated alkanes) is 1. The molecule has 0 fully saturated rings. The van der Waals surface area contributed by atoms with Gasteiger partial charge in [-0.2, -0.15) is 0 Å². The number of carbonyl (C=O) groups is 2. The smallest absolute Gasteiger partial charge is 0.282 e. The van der Waals surface area contributed by atoms with Crippen LogP contribution in [0.5, 0.6) is 5.75 Å². The fourth-order valence-electron chi connectivity index (χ4n) is 3.78. The molecule has 1 aromatic heterocycles. The van der Waals surface area contributed by atoms with Gasteiger partial charge in [0.2, 0.25) is 0 Å². The van der Waals surface area contributed by atoms with Gasteiger partial charge < -0.3 is 10.1 Å². The molecule has 2 amide bonds. The van der Waals surface area contributed by atoms with Crippen molar-refractivity contribution in [1.29, 1.82) is 0 Å². The second-order valence-electron chi connectivity index (χ2n) is 7.77. The number of rotatable bonds is 8. The van der Waals surface area contributed by atoms with Gasteiger partial charge in [-0.3, -0.25) is 9.59 Å². The third kappa shape index (κ3) is 4.18. The van der Waals surface area contributed by atoms with Crippen molar-refractivity contribution >= 4 is 40.1 Å². The van der Waals surface area contributed by atoms with E-state index in [0.717, 1.165) is 29.7 Å². The van der Waals surface area contributed by atoms with Crippen molar-refractivity contribution in [1.82, 2.24) is 0 Å². The van der Waals surface area contributed by atoms with Gasteiger partial charge in [-0.15, -0.1) is 11.3 Å². The van der Waals surface area contributed by atoms with Crippen LogP contribution in [0.2, 0.25) is 0 Å². The molecule has 0 bridgehead atoms. The third-order valence-electron chi connectivity index (χ3n) is 5.48. The summed E-state index contributed by atoms with van der Waals surface area (Å²) in [6, 6.07) is 17.1. The zero-order valence-corrected chi connectivity index (χ0v) is 19.3. The van der Waals surface area contributed by atoms with Crippen LogP contribution in [0.1, 0.15) is 35.8 Å². The number of imide groups is 1. The number of hydrogen-bond donors (Lipinski definition) is 1. The summed E-state index contributed by atoms with van der Waals surface area (Å²) in [6.07, 6.45) is 3.21. The molecule has 0 spiro atoms. The van der Waals surface area contributed by atoms with E-state index in [4.69, 9.17) is 4.74 Å². The van der Waals surface area contributed by atoms with E-state index in [2.05, 4.69) is 12.2 Å². The second-order valence-corrected chi connectivity index (χ2v) is 8.72. The van der Waals surface area contributed by atoms with Gasteiger partial charge in [0.1, 0.15) is 11.4 Å². The number of ether oxygens (including phenoxy) is 1. The highest BCUT2D eigenvalue weighted by Gasteiger charge is 2.41. The fourth-order valence-corrected chi connectivity index (χ4v) is 4.54. The summed E-state index contributed by atoms with van der Waals surface area (Å²) in [5.74, 6) is -0.0937. The van der Waals surface area contributed by atoms with Crippen LogP contribution >= 0.6 is 11.3 Å². The summed E-state index contributed by atoms with van der Waals surface area (Å²) < 4.78 is 5.46. The van der Waals surface area contributed by atoms with E-state index >= 15 is 0 Å². The van der Waals surface area contributed by atoms with E-state index < -0.39 is 0 Å². The molecule has 2 aromatic carbocycles. The number of hydrogen-bond acceptors (Lipinski definition) is 5. The zero-order valence-electron chi connectivity index (χ0n) is 18.5. The van der Waals surface area contributed by atoms with E-state index in [9.17, 15) is 9.59 Å². The summed E-state index contributed by atoms with van der Waals surface area (Å²) in [5, 5.41) is 5.11. The van der Waals surface area contributed by atoms with Crippen molar-refractivity contribution in [3.8, 4) is 5.75 Å². The molecule has 6 heteroatoms. The van der Waals surface area contributed by atoms with Crippen LogP contribution in [0.25, 0.3) is 5.57 Å². The van der Waals surface area contributed by atoms with E-state index in [1.165, 1.54) is 21.8 Å². The van der Waals surface area contributed by atoms with Crippen LogP contribution in [-0.4, -0.2) is 18.9 Å². The minimum absolute atomic E-state index is 0.261. The predicted octanol–water partition coefficient (Wildman–Crippen LogP) is 5.80. The van der Waals surface area contributed by atoms with Crippen molar-refractivity contribution in [3.63, 3.8) is 0 Å². The number of nitrogens with zero attached hydrogens (tertiary/aromatic N) is 1. The standard InChI is InChI=1S/C26H26N2O3S/c1-4-5-7-18-10-12-19(13-11-18)28-25(29)23(22-8-6-15-32-22)24(26(28)30)27-20-16-17(2)9-14-21(20)31-3/h6,8-16,27H,4-5,7H2,1-3H3. The largest absolute Gasteiger partial charge is 0.495 e. The summed E-state index contributed by atoms with van der Waals surface area (Å²) in [5.41, 5.74) is 4.07. The number of anilines is 2. The molecule has 1 aliphatic rings.